The quantitative estimate of drug-likeness (QED) is 0.312. The van der Waals surface area contributed by atoms with Gasteiger partial charge >= 0.3 is 0 Å². The summed E-state index contributed by atoms with van der Waals surface area (Å²) in [5.41, 5.74) is 0. The Morgan fingerprint density at radius 2 is 1.46 bits per heavy atom. The van der Waals surface area contributed by atoms with Crippen molar-refractivity contribution in [2.24, 2.45) is 5.92 Å². The lowest BCUT2D eigenvalue weighted by Crippen LogP contribution is -2.01. The van der Waals surface area contributed by atoms with Gasteiger partial charge in [-0.2, -0.15) is 0 Å². The molecular weight excluding hydrogens is 271 g/mol. The van der Waals surface area contributed by atoms with Crippen LogP contribution in [0, 0.1) is 5.92 Å². The highest BCUT2D eigenvalue weighted by Crippen LogP contribution is 2.20. The zero-order valence-electron chi connectivity index (χ0n) is 9.32. The average molecular weight is 296 g/mol. The summed E-state index contributed by atoms with van der Waals surface area (Å²) in [6, 6.07) is 0. The third-order valence-electron chi connectivity index (χ3n) is 2.70. The maximum Gasteiger partial charge on any atom is -0.000209 e. The van der Waals surface area contributed by atoms with Crippen molar-refractivity contribution in [3.05, 3.63) is 0 Å². The van der Waals surface area contributed by atoms with Crippen LogP contribution in [0.5, 0.6) is 0 Å². The lowest BCUT2D eigenvalue weighted by Gasteiger charge is -2.14. The number of alkyl halides is 1. The molecule has 0 aromatic carbocycles. The summed E-state index contributed by atoms with van der Waals surface area (Å²) < 4.78 is 1.35. The summed E-state index contributed by atoms with van der Waals surface area (Å²) in [6.07, 6.45) is 11.5. The summed E-state index contributed by atoms with van der Waals surface area (Å²) >= 11 is 2.52. The minimum atomic E-state index is 1.03. The Bertz CT molecular complexity index is 91.1. The molecule has 0 nitrogen and oxygen atoms in total. The van der Waals surface area contributed by atoms with Crippen molar-refractivity contribution in [1.29, 1.82) is 0 Å². The molecule has 1 atom stereocenters. The van der Waals surface area contributed by atoms with Crippen LogP contribution in [-0.4, -0.2) is 4.43 Å². The number of hydrogen-bond acceptors (Lipinski definition) is 0. The molecule has 0 fully saturated rings. The van der Waals surface area contributed by atoms with E-state index in [9.17, 15) is 0 Å². The van der Waals surface area contributed by atoms with Crippen molar-refractivity contribution >= 4 is 22.6 Å². The van der Waals surface area contributed by atoms with E-state index in [-0.39, 0.29) is 0 Å². The minimum absolute atomic E-state index is 1.03. The monoisotopic (exact) mass is 296 g/mol. The predicted molar refractivity (Wildman–Crippen MR) is 70.7 cm³/mol. The first-order valence-electron chi connectivity index (χ1n) is 5.91. The van der Waals surface area contributed by atoms with E-state index < -0.39 is 0 Å². The van der Waals surface area contributed by atoms with Gasteiger partial charge in [0.2, 0.25) is 0 Å². The van der Waals surface area contributed by atoms with E-state index in [4.69, 9.17) is 0 Å². The molecule has 0 aromatic rings. The molecule has 13 heavy (non-hydrogen) atoms. The third-order valence-corrected chi connectivity index (χ3v) is 3.32. The topological polar surface area (TPSA) is 0 Å². The van der Waals surface area contributed by atoms with Gasteiger partial charge in [0.15, 0.2) is 0 Å². The van der Waals surface area contributed by atoms with Gasteiger partial charge in [-0.25, -0.2) is 0 Å². The average Bonchev–Trinajstić information content (AvgIpc) is 2.14. The molecule has 1 unspecified atom stereocenters. The van der Waals surface area contributed by atoms with Crippen LogP contribution in [0.2, 0.25) is 0 Å². The molecule has 0 bridgehead atoms. The molecule has 1 heteroatoms. The van der Waals surface area contributed by atoms with Crippen molar-refractivity contribution in [2.45, 2.75) is 65.2 Å². The van der Waals surface area contributed by atoms with Gasteiger partial charge in [-0.15, -0.1) is 0 Å². The van der Waals surface area contributed by atoms with Gasteiger partial charge in [0.05, 0.1) is 0 Å². The number of rotatable bonds is 9. The molecule has 0 heterocycles. The predicted octanol–water partition coefficient (Wildman–Crippen LogP) is 5.20. The van der Waals surface area contributed by atoms with Gasteiger partial charge in [-0.1, -0.05) is 81.4 Å². The number of unbranched alkanes of at least 4 members (excludes halogenated alkanes) is 3. The van der Waals surface area contributed by atoms with E-state index in [0.29, 0.717) is 0 Å². The second-order valence-electron chi connectivity index (χ2n) is 3.98. The van der Waals surface area contributed by atoms with Crippen molar-refractivity contribution in [1.82, 2.24) is 0 Å². The van der Waals surface area contributed by atoms with Gasteiger partial charge in [-0.05, 0) is 16.8 Å². The maximum absolute atomic E-state index is 2.52. The molecule has 0 saturated heterocycles. The molecule has 0 aliphatic carbocycles. The van der Waals surface area contributed by atoms with E-state index in [1.54, 1.807) is 0 Å². The molecular formula is C12H25I. The third kappa shape index (κ3) is 9.04. The van der Waals surface area contributed by atoms with Crippen molar-refractivity contribution in [3.8, 4) is 0 Å². The molecule has 80 valence electrons. The maximum atomic E-state index is 2.52. The molecule has 0 saturated carbocycles. The lowest BCUT2D eigenvalue weighted by molar-refractivity contribution is 0.408. The highest BCUT2D eigenvalue weighted by molar-refractivity contribution is 14.1. The minimum Gasteiger partial charge on any atom is -0.0864 e. The van der Waals surface area contributed by atoms with E-state index in [2.05, 4.69) is 36.4 Å². The first kappa shape index (κ1) is 13.7. The van der Waals surface area contributed by atoms with Crippen molar-refractivity contribution in [2.75, 3.05) is 4.43 Å². The van der Waals surface area contributed by atoms with Gasteiger partial charge in [0.25, 0.3) is 0 Å². The standard InChI is InChI=1S/C12H25I/c1-3-5-7-9-12(10-11-13)8-6-4-2/h12H,3-11H2,1-2H3. The van der Waals surface area contributed by atoms with Crippen molar-refractivity contribution in [3.63, 3.8) is 0 Å². The van der Waals surface area contributed by atoms with Crippen LogP contribution in [-0.2, 0) is 0 Å². The Labute approximate surface area is 98.0 Å². The van der Waals surface area contributed by atoms with Gasteiger partial charge in [0, 0.05) is 0 Å². The van der Waals surface area contributed by atoms with Crippen LogP contribution in [0.15, 0.2) is 0 Å². The van der Waals surface area contributed by atoms with Gasteiger partial charge in [-0.3, -0.25) is 0 Å². The smallest absolute Gasteiger partial charge is 0.000209 e. The fraction of sp³-hybridized carbons (Fsp3) is 1.00. The zero-order chi connectivity index (χ0) is 9.94. The SMILES string of the molecule is CCCCCC(CCI)CCCC. The second kappa shape index (κ2) is 10.8. The summed E-state index contributed by atoms with van der Waals surface area (Å²) in [5, 5.41) is 0. The van der Waals surface area contributed by atoms with Crippen LogP contribution in [0.3, 0.4) is 0 Å². The second-order valence-corrected chi connectivity index (χ2v) is 5.06. The van der Waals surface area contributed by atoms with E-state index >= 15 is 0 Å². The zero-order valence-corrected chi connectivity index (χ0v) is 11.5. The Balaban J connectivity index is 3.41. The Morgan fingerprint density at radius 3 is 2.00 bits per heavy atom. The molecule has 0 amide bonds. The normalized spacial score (nSPS) is 13.2. The first-order chi connectivity index (χ1) is 6.35. The fourth-order valence-corrected chi connectivity index (χ4v) is 2.64. The van der Waals surface area contributed by atoms with E-state index in [0.717, 1.165) is 5.92 Å². The lowest BCUT2D eigenvalue weighted by atomic mass is 9.93. The largest absolute Gasteiger partial charge is 0.0864 e. The Morgan fingerprint density at radius 1 is 0.846 bits per heavy atom. The van der Waals surface area contributed by atoms with Crippen molar-refractivity contribution < 1.29 is 0 Å². The highest BCUT2D eigenvalue weighted by Gasteiger charge is 2.06. The summed E-state index contributed by atoms with van der Waals surface area (Å²) in [7, 11) is 0. The van der Waals surface area contributed by atoms with Crippen LogP contribution < -0.4 is 0 Å². The van der Waals surface area contributed by atoms with Gasteiger partial charge < -0.3 is 0 Å². The van der Waals surface area contributed by atoms with E-state index in [1.807, 2.05) is 0 Å². The van der Waals surface area contributed by atoms with E-state index in [1.165, 1.54) is 55.8 Å². The molecule has 0 aromatic heterocycles. The molecule has 0 radical (unpaired) electrons. The molecule has 0 rings (SSSR count). The number of halogens is 1. The molecule has 0 aliphatic heterocycles. The highest BCUT2D eigenvalue weighted by atomic mass is 127. The number of hydrogen-bond donors (Lipinski definition) is 0. The van der Waals surface area contributed by atoms with Crippen LogP contribution in [0.1, 0.15) is 65.2 Å². The van der Waals surface area contributed by atoms with Crippen LogP contribution in [0.4, 0.5) is 0 Å². The van der Waals surface area contributed by atoms with Crippen LogP contribution >= 0.6 is 22.6 Å². The molecule has 0 N–H and O–H groups in total. The van der Waals surface area contributed by atoms with Gasteiger partial charge in [0.1, 0.15) is 0 Å². The van der Waals surface area contributed by atoms with Crippen LogP contribution in [0.25, 0.3) is 0 Å². The fourth-order valence-electron chi connectivity index (χ4n) is 1.76. The molecule has 0 spiro atoms. The summed E-state index contributed by atoms with van der Waals surface area (Å²) in [5.74, 6) is 1.03. The first-order valence-corrected chi connectivity index (χ1v) is 7.43. The summed E-state index contributed by atoms with van der Waals surface area (Å²) in [4.78, 5) is 0. The summed E-state index contributed by atoms with van der Waals surface area (Å²) in [6.45, 7) is 4.59. The Kier molecular flexibility index (Phi) is 11.4. The Hall–Kier alpha value is 0.730. The molecule has 0 aliphatic rings.